The molecule has 0 aliphatic carbocycles. The van der Waals surface area contributed by atoms with Crippen LogP contribution in [0.3, 0.4) is 0 Å². The third kappa shape index (κ3) is 6.11. The number of carboxylic acids is 2. The Bertz CT molecular complexity index is 176. The van der Waals surface area contributed by atoms with Crippen LogP contribution in [0.5, 0.6) is 0 Å². The van der Waals surface area contributed by atoms with Crippen LogP contribution in [0.4, 0.5) is 0 Å². The fourth-order valence-electron chi connectivity index (χ4n) is 0.434. The van der Waals surface area contributed by atoms with Crippen molar-refractivity contribution in [3.63, 3.8) is 0 Å². The van der Waals surface area contributed by atoms with Crippen molar-refractivity contribution in [1.29, 1.82) is 0 Å². The largest absolute Gasteiger partial charge is 0.480 e. The molecule has 0 spiro atoms. The second-order valence-electron chi connectivity index (χ2n) is 2.25. The minimum absolute atomic E-state index is 0.281. The van der Waals surface area contributed by atoms with Gasteiger partial charge in [0.05, 0.1) is 0 Å². The topological polar surface area (TPSA) is 74.6 Å². The number of hydrogen-bond donors (Lipinski definition) is 4. The van der Waals surface area contributed by atoms with Crippen LogP contribution in [0.2, 0.25) is 0 Å². The van der Waals surface area contributed by atoms with Gasteiger partial charge in [-0.3, -0.25) is 9.59 Å². The molecule has 0 rings (SSSR count). The Hall–Kier alpha value is -0.0100. The number of carbonyl (C=O) groups is 2. The molecule has 4 nitrogen and oxygen atoms in total. The first kappa shape index (κ1) is 13.0. The minimum atomic E-state index is -0.998. The summed E-state index contributed by atoms with van der Waals surface area (Å²) in [5.41, 5.74) is 0. The van der Waals surface area contributed by atoms with Crippen LogP contribution in [0.1, 0.15) is 0 Å². The monoisotopic (exact) mass is 242 g/mol. The quantitative estimate of drug-likeness (QED) is 0.510. The Morgan fingerprint density at radius 2 is 1.38 bits per heavy atom. The van der Waals surface area contributed by atoms with Gasteiger partial charge < -0.3 is 10.2 Å². The summed E-state index contributed by atoms with van der Waals surface area (Å²) in [7, 11) is 0. The third-order valence-corrected chi connectivity index (χ3v) is 3.56. The van der Waals surface area contributed by atoms with E-state index in [9.17, 15) is 9.59 Å². The highest BCUT2D eigenvalue weighted by atomic mass is 32.2. The number of carboxylic acid groups (broad SMARTS) is 2. The van der Waals surface area contributed by atoms with E-state index in [1.54, 1.807) is 0 Å². The molecule has 7 heteroatoms. The van der Waals surface area contributed by atoms with E-state index < -0.39 is 22.4 Å². The lowest BCUT2D eigenvalue weighted by Gasteiger charge is -2.06. The number of thiol groups is 2. The molecule has 0 aromatic heterocycles. The van der Waals surface area contributed by atoms with Gasteiger partial charge in [-0.05, 0) is 0 Å². The van der Waals surface area contributed by atoms with Crippen molar-refractivity contribution in [2.45, 2.75) is 10.5 Å². The summed E-state index contributed by atoms with van der Waals surface area (Å²) in [6.45, 7) is 0. The fourth-order valence-corrected chi connectivity index (χ4v) is 1.93. The summed E-state index contributed by atoms with van der Waals surface area (Å²) < 4.78 is 0. The Labute approximate surface area is 90.9 Å². The molecule has 0 aromatic carbocycles. The lowest BCUT2D eigenvalue weighted by Crippen LogP contribution is -2.20. The SMILES string of the molecule is O=C(O)C(S)CSCC(S)C(=O)O. The van der Waals surface area contributed by atoms with Crippen molar-refractivity contribution in [2.24, 2.45) is 0 Å². The third-order valence-electron chi connectivity index (χ3n) is 1.12. The second kappa shape index (κ2) is 6.44. The number of rotatable bonds is 6. The van der Waals surface area contributed by atoms with E-state index in [0.29, 0.717) is 0 Å². The van der Waals surface area contributed by atoms with Crippen LogP contribution < -0.4 is 0 Å². The van der Waals surface area contributed by atoms with E-state index in [0.717, 1.165) is 0 Å². The summed E-state index contributed by atoms with van der Waals surface area (Å²) in [6, 6.07) is 0. The zero-order valence-corrected chi connectivity index (χ0v) is 9.19. The zero-order chi connectivity index (χ0) is 10.4. The maximum Gasteiger partial charge on any atom is 0.317 e. The molecule has 0 aliphatic heterocycles. The van der Waals surface area contributed by atoms with Gasteiger partial charge in [-0.1, -0.05) is 0 Å². The fraction of sp³-hybridized carbons (Fsp3) is 0.667. The molecule has 2 unspecified atom stereocenters. The zero-order valence-electron chi connectivity index (χ0n) is 6.58. The summed E-state index contributed by atoms with van der Waals surface area (Å²) in [6.07, 6.45) is 0. The highest BCUT2D eigenvalue weighted by molar-refractivity contribution is 8.01. The van der Waals surface area contributed by atoms with E-state index in [4.69, 9.17) is 10.2 Å². The lowest BCUT2D eigenvalue weighted by molar-refractivity contribution is -0.136. The molecule has 0 saturated heterocycles. The van der Waals surface area contributed by atoms with Gasteiger partial charge >= 0.3 is 11.9 Å². The molecular weight excluding hydrogens is 232 g/mol. The minimum Gasteiger partial charge on any atom is -0.480 e. The molecule has 0 saturated carbocycles. The van der Waals surface area contributed by atoms with Crippen LogP contribution in [0, 0.1) is 0 Å². The van der Waals surface area contributed by atoms with Crippen LogP contribution in [-0.4, -0.2) is 44.2 Å². The molecule has 2 atom stereocenters. The predicted octanol–water partition coefficient (Wildman–Crippen LogP) is 0.486. The van der Waals surface area contributed by atoms with Gasteiger partial charge in [0, 0.05) is 11.5 Å². The van der Waals surface area contributed by atoms with Crippen molar-refractivity contribution < 1.29 is 19.8 Å². The highest BCUT2D eigenvalue weighted by Crippen LogP contribution is 2.12. The van der Waals surface area contributed by atoms with Crippen molar-refractivity contribution >= 4 is 49.0 Å². The van der Waals surface area contributed by atoms with Gasteiger partial charge in [0.1, 0.15) is 10.5 Å². The first-order chi connectivity index (χ1) is 5.95. The number of aliphatic carboxylic acids is 2. The predicted molar refractivity (Wildman–Crippen MR) is 58.1 cm³/mol. The molecule has 0 heterocycles. The van der Waals surface area contributed by atoms with Gasteiger partial charge in [-0.2, -0.15) is 37.0 Å². The molecule has 0 bridgehead atoms. The molecule has 0 radical (unpaired) electrons. The molecule has 0 fully saturated rings. The molecular formula is C6H10O4S3. The standard InChI is InChI=1S/C6H10O4S3/c7-5(8)3(11)1-13-2-4(12)6(9)10/h3-4,11-12H,1-2H2,(H,7,8)(H,9,10). The summed E-state index contributed by atoms with van der Waals surface area (Å²) >= 11 is 8.78. The first-order valence-corrected chi connectivity index (χ1v) is 5.53. The highest BCUT2D eigenvalue weighted by Gasteiger charge is 2.15. The maximum atomic E-state index is 10.3. The maximum absolute atomic E-state index is 10.3. The van der Waals surface area contributed by atoms with E-state index in [1.165, 1.54) is 11.8 Å². The van der Waals surface area contributed by atoms with Gasteiger partial charge in [0.25, 0.3) is 0 Å². The van der Waals surface area contributed by atoms with Crippen LogP contribution in [0.15, 0.2) is 0 Å². The Morgan fingerprint density at radius 1 is 1.08 bits per heavy atom. The van der Waals surface area contributed by atoms with Crippen LogP contribution in [0.25, 0.3) is 0 Å². The normalized spacial score (nSPS) is 14.9. The van der Waals surface area contributed by atoms with Crippen molar-refractivity contribution in [3.8, 4) is 0 Å². The van der Waals surface area contributed by atoms with Crippen LogP contribution in [-0.2, 0) is 9.59 Å². The Balaban J connectivity index is 3.56. The molecule has 0 aromatic rings. The molecule has 2 N–H and O–H groups in total. The van der Waals surface area contributed by atoms with E-state index in [1.807, 2.05) is 0 Å². The van der Waals surface area contributed by atoms with Crippen molar-refractivity contribution in [3.05, 3.63) is 0 Å². The average Bonchev–Trinajstić information content (AvgIpc) is 2.03. The average molecular weight is 242 g/mol. The Morgan fingerprint density at radius 3 is 1.62 bits per heavy atom. The first-order valence-electron chi connectivity index (χ1n) is 3.34. The van der Waals surface area contributed by atoms with Gasteiger partial charge in [-0.25, -0.2) is 0 Å². The molecule has 0 aliphatic rings. The molecule has 76 valence electrons. The van der Waals surface area contributed by atoms with Crippen molar-refractivity contribution in [1.82, 2.24) is 0 Å². The van der Waals surface area contributed by atoms with E-state index in [-0.39, 0.29) is 11.5 Å². The van der Waals surface area contributed by atoms with Crippen LogP contribution >= 0.6 is 37.0 Å². The summed E-state index contributed by atoms with van der Waals surface area (Å²) in [5, 5.41) is 15.4. The Kier molecular flexibility index (Phi) is 6.44. The number of hydrogen-bond acceptors (Lipinski definition) is 5. The second-order valence-corrected chi connectivity index (χ2v) is 4.57. The van der Waals surface area contributed by atoms with Crippen molar-refractivity contribution in [2.75, 3.05) is 11.5 Å². The van der Waals surface area contributed by atoms with Gasteiger partial charge in [-0.15, -0.1) is 0 Å². The van der Waals surface area contributed by atoms with Gasteiger partial charge in [0.15, 0.2) is 0 Å². The molecule has 13 heavy (non-hydrogen) atoms. The van der Waals surface area contributed by atoms with E-state index >= 15 is 0 Å². The van der Waals surface area contributed by atoms with E-state index in [2.05, 4.69) is 25.3 Å². The summed E-state index contributed by atoms with van der Waals surface area (Å²) in [4.78, 5) is 20.6. The lowest BCUT2D eigenvalue weighted by atomic mass is 10.5. The number of thioether (sulfide) groups is 1. The molecule has 0 amide bonds. The smallest absolute Gasteiger partial charge is 0.317 e. The van der Waals surface area contributed by atoms with Gasteiger partial charge in [0.2, 0.25) is 0 Å². The summed E-state index contributed by atoms with van der Waals surface area (Å²) in [5.74, 6) is -1.44.